The molecule has 0 atom stereocenters. The second kappa shape index (κ2) is 8.37. The first kappa shape index (κ1) is 18.5. The normalized spacial score (nSPS) is 10.6. The van der Waals surface area contributed by atoms with Crippen molar-refractivity contribution in [3.8, 4) is 5.75 Å². The van der Waals surface area contributed by atoms with E-state index in [0.29, 0.717) is 6.61 Å². The minimum atomic E-state index is -0.240. The minimum Gasteiger partial charge on any atom is -0.488 e. The van der Waals surface area contributed by atoms with Crippen molar-refractivity contribution in [1.29, 1.82) is 0 Å². The first-order valence-electron chi connectivity index (χ1n) is 8.48. The van der Waals surface area contributed by atoms with Crippen molar-refractivity contribution in [2.75, 3.05) is 5.32 Å². The first-order chi connectivity index (χ1) is 12.5. The summed E-state index contributed by atoms with van der Waals surface area (Å²) in [4.78, 5) is 0. The van der Waals surface area contributed by atoms with Gasteiger partial charge in [0.05, 0.1) is 4.47 Å². The van der Waals surface area contributed by atoms with E-state index in [4.69, 9.17) is 4.74 Å². The average Bonchev–Trinajstić information content (AvgIpc) is 2.61. The third kappa shape index (κ3) is 4.85. The molecule has 26 heavy (non-hydrogen) atoms. The maximum Gasteiger partial charge on any atom is 0.134 e. The average molecular weight is 414 g/mol. The highest BCUT2D eigenvalue weighted by Gasteiger charge is 2.05. The molecule has 0 aliphatic heterocycles. The summed E-state index contributed by atoms with van der Waals surface area (Å²) in [6.45, 7) is 5.34. The van der Waals surface area contributed by atoms with Crippen LogP contribution in [0, 0.1) is 19.7 Å². The van der Waals surface area contributed by atoms with Crippen LogP contribution in [0.5, 0.6) is 5.75 Å². The van der Waals surface area contributed by atoms with Crippen LogP contribution in [-0.2, 0) is 13.2 Å². The van der Waals surface area contributed by atoms with Crippen molar-refractivity contribution in [1.82, 2.24) is 0 Å². The fraction of sp³-hybridized carbons (Fsp3) is 0.182. The Morgan fingerprint density at radius 1 is 0.923 bits per heavy atom. The van der Waals surface area contributed by atoms with Gasteiger partial charge in [0.25, 0.3) is 0 Å². The van der Waals surface area contributed by atoms with Crippen molar-refractivity contribution in [2.24, 2.45) is 0 Å². The molecule has 0 amide bonds. The Balaban J connectivity index is 1.60. The smallest absolute Gasteiger partial charge is 0.134 e. The van der Waals surface area contributed by atoms with Gasteiger partial charge < -0.3 is 10.1 Å². The van der Waals surface area contributed by atoms with Gasteiger partial charge in [-0.2, -0.15) is 0 Å². The molecule has 134 valence electrons. The number of nitrogens with one attached hydrogen (secondary N) is 1. The summed E-state index contributed by atoms with van der Waals surface area (Å²) >= 11 is 3.57. The quantitative estimate of drug-likeness (QED) is 0.504. The summed E-state index contributed by atoms with van der Waals surface area (Å²) in [5.41, 5.74) is 5.73. The van der Waals surface area contributed by atoms with Crippen LogP contribution in [0.15, 0.2) is 65.1 Å². The van der Waals surface area contributed by atoms with Gasteiger partial charge in [-0.1, -0.05) is 35.9 Å². The van der Waals surface area contributed by atoms with E-state index < -0.39 is 0 Å². The Morgan fingerprint density at radius 2 is 1.65 bits per heavy atom. The van der Waals surface area contributed by atoms with Crippen LogP contribution in [0.25, 0.3) is 0 Å². The molecule has 0 aromatic heterocycles. The molecule has 0 aliphatic carbocycles. The van der Waals surface area contributed by atoms with Gasteiger partial charge in [0.15, 0.2) is 0 Å². The van der Waals surface area contributed by atoms with E-state index in [1.807, 2.05) is 12.1 Å². The lowest BCUT2D eigenvalue weighted by Crippen LogP contribution is -2.02. The topological polar surface area (TPSA) is 21.3 Å². The van der Waals surface area contributed by atoms with Crippen molar-refractivity contribution in [2.45, 2.75) is 27.0 Å². The largest absolute Gasteiger partial charge is 0.488 e. The molecule has 0 saturated carbocycles. The van der Waals surface area contributed by atoms with Crippen LogP contribution in [0.1, 0.15) is 22.3 Å². The third-order valence-corrected chi connectivity index (χ3v) is 4.79. The molecular weight excluding hydrogens is 393 g/mol. The predicted octanol–water partition coefficient (Wildman–Crippen LogP) is 6.40. The Labute approximate surface area is 162 Å². The molecule has 0 bridgehead atoms. The summed E-state index contributed by atoms with van der Waals surface area (Å²) in [6, 6.07) is 18.8. The maximum atomic E-state index is 12.9. The van der Waals surface area contributed by atoms with E-state index in [0.717, 1.165) is 33.6 Å². The zero-order chi connectivity index (χ0) is 18.5. The van der Waals surface area contributed by atoms with Crippen LogP contribution < -0.4 is 10.1 Å². The molecule has 0 fully saturated rings. The summed E-state index contributed by atoms with van der Waals surface area (Å²) in [5.74, 6) is 0.528. The maximum absolute atomic E-state index is 12.9. The standard InChI is InChI=1S/C22H21BrFNO/c1-15-3-9-21(16(2)11-15)25-13-18-6-10-22(20(23)12-18)26-14-17-4-7-19(24)8-5-17/h3-12,25H,13-14H2,1-2H3. The number of anilines is 1. The minimum absolute atomic E-state index is 0.240. The van der Waals surface area contributed by atoms with Gasteiger partial charge in [-0.3, -0.25) is 0 Å². The second-order valence-corrected chi connectivity index (χ2v) is 7.21. The molecule has 1 N–H and O–H groups in total. The summed E-state index contributed by atoms with van der Waals surface area (Å²) in [7, 11) is 0. The van der Waals surface area contributed by atoms with Crippen LogP contribution >= 0.6 is 15.9 Å². The van der Waals surface area contributed by atoms with E-state index in [-0.39, 0.29) is 5.82 Å². The van der Waals surface area contributed by atoms with Crippen molar-refractivity contribution in [3.63, 3.8) is 0 Å². The van der Waals surface area contributed by atoms with E-state index in [2.05, 4.69) is 59.4 Å². The molecule has 0 heterocycles. The first-order valence-corrected chi connectivity index (χ1v) is 9.27. The highest BCUT2D eigenvalue weighted by molar-refractivity contribution is 9.10. The van der Waals surface area contributed by atoms with Gasteiger partial charge in [0.1, 0.15) is 18.2 Å². The van der Waals surface area contributed by atoms with Gasteiger partial charge in [-0.05, 0) is 76.8 Å². The van der Waals surface area contributed by atoms with Crippen molar-refractivity contribution >= 4 is 21.6 Å². The van der Waals surface area contributed by atoms with Gasteiger partial charge >= 0.3 is 0 Å². The van der Waals surface area contributed by atoms with Crippen LogP contribution in [0.3, 0.4) is 0 Å². The Hall–Kier alpha value is -2.33. The Morgan fingerprint density at radius 3 is 2.35 bits per heavy atom. The lowest BCUT2D eigenvalue weighted by Gasteiger charge is -2.12. The van der Waals surface area contributed by atoms with Crippen molar-refractivity contribution < 1.29 is 9.13 Å². The lowest BCUT2D eigenvalue weighted by atomic mass is 10.1. The molecule has 0 saturated heterocycles. The number of aryl methyl sites for hydroxylation is 2. The van der Waals surface area contributed by atoms with Gasteiger partial charge in [-0.15, -0.1) is 0 Å². The molecule has 4 heteroatoms. The molecule has 3 aromatic rings. The monoisotopic (exact) mass is 413 g/mol. The molecule has 0 unspecified atom stereocenters. The van der Waals surface area contributed by atoms with E-state index in [9.17, 15) is 4.39 Å². The number of benzene rings is 3. The summed E-state index contributed by atoms with van der Waals surface area (Å²) in [6.07, 6.45) is 0. The molecule has 0 radical (unpaired) electrons. The Bertz CT molecular complexity index is 893. The summed E-state index contributed by atoms with van der Waals surface area (Å²) in [5, 5.41) is 3.47. The number of ether oxygens (including phenoxy) is 1. The third-order valence-electron chi connectivity index (χ3n) is 4.17. The van der Waals surface area contributed by atoms with Gasteiger partial charge in [-0.25, -0.2) is 4.39 Å². The molecule has 3 aromatic carbocycles. The highest BCUT2D eigenvalue weighted by atomic mass is 79.9. The molecule has 3 rings (SSSR count). The lowest BCUT2D eigenvalue weighted by molar-refractivity contribution is 0.304. The van der Waals surface area contributed by atoms with Crippen molar-refractivity contribution in [3.05, 3.63) is 93.2 Å². The van der Waals surface area contributed by atoms with Gasteiger partial charge in [0.2, 0.25) is 0 Å². The van der Waals surface area contributed by atoms with E-state index in [1.165, 1.54) is 23.3 Å². The number of halogens is 2. The SMILES string of the molecule is Cc1ccc(NCc2ccc(OCc3ccc(F)cc3)c(Br)c2)c(C)c1. The second-order valence-electron chi connectivity index (χ2n) is 6.35. The summed E-state index contributed by atoms with van der Waals surface area (Å²) < 4.78 is 19.7. The zero-order valence-electron chi connectivity index (χ0n) is 14.9. The number of rotatable bonds is 6. The van der Waals surface area contributed by atoms with E-state index >= 15 is 0 Å². The zero-order valence-corrected chi connectivity index (χ0v) is 16.4. The molecule has 0 aliphatic rings. The highest BCUT2D eigenvalue weighted by Crippen LogP contribution is 2.27. The predicted molar refractivity (Wildman–Crippen MR) is 108 cm³/mol. The fourth-order valence-electron chi connectivity index (χ4n) is 2.72. The molecule has 2 nitrogen and oxygen atoms in total. The van der Waals surface area contributed by atoms with Crippen LogP contribution in [0.2, 0.25) is 0 Å². The fourth-order valence-corrected chi connectivity index (χ4v) is 3.26. The molecular formula is C22H21BrFNO. The van der Waals surface area contributed by atoms with Gasteiger partial charge in [0, 0.05) is 12.2 Å². The van der Waals surface area contributed by atoms with Crippen LogP contribution in [-0.4, -0.2) is 0 Å². The molecule has 0 spiro atoms. The Kier molecular flexibility index (Phi) is 5.94. The van der Waals surface area contributed by atoms with E-state index in [1.54, 1.807) is 12.1 Å². The van der Waals surface area contributed by atoms with Crippen LogP contribution in [0.4, 0.5) is 10.1 Å². The number of hydrogen-bond donors (Lipinski definition) is 1. The number of hydrogen-bond acceptors (Lipinski definition) is 2.